The van der Waals surface area contributed by atoms with Crippen LogP contribution in [0, 0.1) is 0 Å². The number of carboxylic acids is 1. The number of aromatic nitrogens is 1. The molecule has 0 saturated carbocycles. The highest BCUT2D eigenvalue weighted by molar-refractivity contribution is 7.98. The third kappa shape index (κ3) is 2.91. The smallest absolute Gasteiger partial charge is 0.357 e. The molecule has 0 aromatic carbocycles. The summed E-state index contributed by atoms with van der Waals surface area (Å²) >= 11 is 1.74. The largest absolute Gasteiger partial charge is 0.476 e. The Balaban J connectivity index is 2.77. The summed E-state index contributed by atoms with van der Waals surface area (Å²) in [6.45, 7) is 2.08. The van der Waals surface area contributed by atoms with Crippen LogP contribution in [0.2, 0.25) is 0 Å². The first kappa shape index (κ1) is 12.9. The van der Waals surface area contributed by atoms with Gasteiger partial charge in [-0.3, -0.25) is 0 Å². The molecule has 0 aliphatic rings. The minimum atomic E-state index is -1.07. The average molecular weight is 244 g/mol. The molecule has 0 aliphatic heterocycles. The van der Waals surface area contributed by atoms with Crippen LogP contribution in [-0.4, -0.2) is 41.2 Å². The van der Waals surface area contributed by atoms with Gasteiger partial charge in [0.25, 0.3) is 6.01 Å². The molecule has 0 fully saturated rings. The van der Waals surface area contributed by atoms with E-state index in [0.29, 0.717) is 12.1 Å². The van der Waals surface area contributed by atoms with E-state index in [2.05, 4.69) is 11.9 Å². The molecular weight excluding hydrogens is 228 g/mol. The van der Waals surface area contributed by atoms with E-state index in [-0.39, 0.29) is 5.69 Å². The summed E-state index contributed by atoms with van der Waals surface area (Å²) in [7, 11) is 1.86. The second-order valence-corrected chi connectivity index (χ2v) is 4.36. The number of nitrogens with zero attached hydrogens (tertiary/aromatic N) is 2. The van der Waals surface area contributed by atoms with Crippen molar-refractivity contribution in [3.8, 4) is 0 Å². The van der Waals surface area contributed by atoms with Gasteiger partial charge in [-0.25, -0.2) is 4.79 Å². The number of carbonyl (C=O) groups is 1. The van der Waals surface area contributed by atoms with Crippen molar-refractivity contribution in [2.45, 2.75) is 19.4 Å². The molecule has 1 atom stereocenters. The second kappa shape index (κ2) is 5.79. The number of thioether (sulfide) groups is 1. The Bertz CT molecular complexity index is 354. The number of hydrogen-bond acceptors (Lipinski definition) is 5. The molecule has 1 rings (SSSR count). The minimum Gasteiger partial charge on any atom is -0.476 e. The Hall–Kier alpha value is -1.17. The highest BCUT2D eigenvalue weighted by Crippen LogP contribution is 2.18. The molecule has 1 heterocycles. The van der Waals surface area contributed by atoms with Gasteiger partial charge in [0.1, 0.15) is 6.26 Å². The van der Waals surface area contributed by atoms with Gasteiger partial charge in [-0.05, 0) is 12.7 Å². The molecule has 1 unspecified atom stereocenters. The summed E-state index contributed by atoms with van der Waals surface area (Å²) in [4.78, 5) is 16.4. The van der Waals surface area contributed by atoms with Crippen LogP contribution in [-0.2, 0) is 0 Å². The van der Waals surface area contributed by atoms with Crippen molar-refractivity contribution in [2.75, 3.05) is 24.0 Å². The van der Waals surface area contributed by atoms with Gasteiger partial charge in [0.2, 0.25) is 0 Å². The molecule has 0 amide bonds. The fourth-order valence-corrected chi connectivity index (χ4v) is 2.22. The lowest BCUT2D eigenvalue weighted by Crippen LogP contribution is -2.33. The molecule has 1 aromatic heterocycles. The first-order chi connectivity index (χ1) is 7.60. The minimum absolute atomic E-state index is 0.0548. The molecular formula is C10H16N2O3S. The molecule has 0 radical (unpaired) electrons. The lowest BCUT2D eigenvalue weighted by Gasteiger charge is -2.24. The van der Waals surface area contributed by atoms with E-state index in [9.17, 15) is 4.79 Å². The van der Waals surface area contributed by atoms with E-state index < -0.39 is 5.97 Å². The summed E-state index contributed by atoms with van der Waals surface area (Å²) in [5.41, 5.74) is -0.0548. The maximum absolute atomic E-state index is 10.7. The summed E-state index contributed by atoms with van der Waals surface area (Å²) < 4.78 is 5.14. The number of anilines is 1. The van der Waals surface area contributed by atoms with Crippen LogP contribution >= 0.6 is 11.8 Å². The van der Waals surface area contributed by atoms with E-state index in [0.717, 1.165) is 12.2 Å². The first-order valence-corrected chi connectivity index (χ1v) is 6.40. The molecule has 16 heavy (non-hydrogen) atoms. The standard InChI is InChI=1S/C10H16N2O3S/c1-4-7(6-16-3)12(2)10-11-8(5-15-10)9(13)14/h5,7H,4,6H2,1-3H3,(H,13,14). The number of hydrogen-bond donors (Lipinski definition) is 1. The molecule has 6 heteroatoms. The second-order valence-electron chi connectivity index (χ2n) is 3.45. The molecule has 0 aliphatic carbocycles. The molecule has 1 N–H and O–H groups in total. The van der Waals surface area contributed by atoms with E-state index in [1.807, 2.05) is 18.2 Å². The van der Waals surface area contributed by atoms with Gasteiger partial charge in [-0.1, -0.05) is 6.92 Å². The Kier molecular flexibility index (Phi) is 4.67. The molecule has 0 bridgehead atoms. The van der Waals surface area contributed by atoms with Crippen molar-refractivity contribution >= 4 is 23.7 Å². The lowest BCUT2D eigenvalue weighted by molar-refractivity contribution is 0.0690. The van der Waals surface area contributed by atoms with E-state index >= 15 is 0 Å². The first-order valence-electron chi connectivity index (χ1n) is 5.00. The Morgan fingerprint density at radius 1 is 1.75 bits per heavy atom. The number of oxazole rings is 1. The van der Waals surface area contributed by atoms with Crippen molar-refractivity contribution in [2.24, 2.45) is 0 Å². The number of aromatic carboxylic acids is 1. The lowest BCUT2D eigenvalue weighted by atomic mass is 10.2. The van der Waals surface area contributed by atoms with E-state index in [1.54, 1.807) is 11.8 Å². The molecule has 0 saturated heterocycles. The molecule has 90 valence electrons. The molecule has 1 aromatic rings. The van der Waals surface area contributed by atoms with Gasteiger partial charge in [0.15, 0.2) is 5.69 Å². The summed E-state index contributed by atoms with van der Waals surface area (Å²) in [5, 5.41) is 8.73. The summed E-state index contributed by atoms with van der Waals surface area (Å²) in [5.74, 6) is -0.112. The van der Waals surface area contributed by atoms with E-state index in [1.165, 1.54) is 6.26 Å². The predicted octanol–water partition coefficient (Wildman–Crippen LogP) is 1.95. The van der Waals surface area contributed by atoms with Crippen molar-refractivity contribution in [3.63, 3.8) is 0 Å². The monoisotopic (exact) mass is 244 g/mol. The van der Waals surface area contributed by atoms with Crippen LogP contribution in [0.4, 0.5) is 6.01 Å². The highest BCUT2D eigenvalue weighted by atomic mass is 32.2. The van der Waals surface area contributed by atoms with Gasteiger partial charge in [-0.15, -0.1) is 0 Å². The van der Waals surface area contributed by atoms with Crippen LogP contribution in [0.1, 0.15) is 23.8 Å². The zero-order valence-corrected chi connectivity index (χ0v) is 10.5. The van der Waals surface area contributed by atoms with Crippen LogP contribution in [0.5, 0.6) is 0 Å². The van der Waals surface area contributed by atoms with Gasteiger partial charge in [-0.2, -0.15) is 16.7 Å². The topological polar surface area (TPSA) is 66.6 Å². The van der Waals surface area contributed by atoms with Gasteiger partial charge < -0.3 is 14.4 Å². The van der Waals surface area contributed by atoms with Crippen molar-refractivity contribution < 1.29 is 14.3 Å². The highest BCUT2D eigenvalue weighted by Gasteiger charge is 2.19. The third-order valence-electron chi connectivity index (χ3n) is 2.39. The van der Waals surface area contributed by atoms with E-state index in [4.69, 9.17) is 9.52 Å². The normalized spacial score (nSPS) is 12.4. The van der Waals surface area contributed by atoms with Crippen molar-refractivity contribution in [3.05, 3.63) is 12.0 Å². The van der Waals surface area contributed by atoms with Gasteiger partial charge in [0.05, 0.1) is 0 Å². The SMILES string of the molecule is CCC(CSC)N(C)c1nc(C(=O)O)co1. The zero-order chi connectivity index (χ0) is 12.1. The number of rotatable bonds is 6. The number of carboxylic acid groups (broad SMARTS) is 1. The van der Waals surface area contributed by atoms with Crippen molar-refractivity contribution in [1.29, 1.82) is 0 Å². The maximum atomic E-state index is 10.7. The zero-order valence-electron chi connectivity index (χ0n) is 9.64. The Morgan fingerprint density at radius 3 is 2.88 bits per heavy atom. The molecule has 0 spiro atoms. The third-order valence-corrected chi connectivity index (χ3v) is 3.11. The quantitative estimate of drug-likeness (QED) is 0.825. The van der Waals surface area contributed by atoms with Crippen molar-refractivity contribution in [1.82, 2.24) is 4.98 Å². The fourth-order valence-electron chi connectivity index (χ4n) is 1.38. The Labute approximate surface area is 98.8 Å². The van der Waals surface area contributed by atoms with Crippen LogP contribution in [0.15, 0.2) is 10.7 Å². The van der Waals surface area contributed by atoms with Gasteiger partial charge in [0, 0.05) is 18.8 Å². The van der Waals surface area contributed by atoms with Crippen LogP contribution < -0.4 is 4.90 Å². The summed E-state index contributed by atoms with van der Waals surface area (Å²) in [6, 6.07) is 0.661. The maximum Gasteiger partial charge on any atom is 0.357 e. The summed E-state index contributed by atoms with van der Waals surface area (Å²) in [6.07, 6.45) is 4.16. The molecule has 5 nitrogen and oxygen atoms in total. The van der Waals surface area contributed by atoms with Gasteiger partial charge >= 0.3 is 5.97 Å². The van der Waals surface area contributed by atoms with Crippen LogP contribution in [0.25, 0.3) is 0 Å². The average Bonchev–Trinajstić information content (AvgIpc) is 2.74. The predicted molar refractivity (Wildman–Crippen MR) is 64.3 cm³/mol. The fraction of sp³-hybridized carbons (Fsp3) is 0.600. The van der Waals surface area contributed by atoms with Crippen LogP contribution in [0.3, 0.4) is 0 Å². The Morgan fingerprint density at radius 2 is 2.44 bits per heavy atom.